The first kappa shape index (κ1) is 10.6. The summed E-state index contributed by atoms with van der Waals surface area (Å²) in [6, 6.07) is 1.85. The standard InChI is InChI=1S/C9H10N4O2S/c14-8(15)7-6-11-9(16-7)10-3-5-13-4-1-2-12-13/h1-2,4,6H,3,5H2,(H,10,11)(H,14,15). The van der Waals surface area contributed by atoms with Gasteiger partial charge in [-0.3, -0.25) is 4.68 Å². The fourth-order valence-corrected chi connectivity index (χ4v) is 1.85. The molecule has 0 aliphatic heterocycles. The van der Waals surface area contributed by atoms with Crippen molar-refractivity contribution < 1.29 is 9.90 Å². The normalized spacial score (nSPS) is 10.2. The van der Waals surface area contributed by atoms with E-state index in [1.807, 2.05) is 12.3 Å². The predicted molar refractivity (Wildman–Crippen MR) is 59.8 cm³/mol. The summed E-state index contributed by atoms with van der Waals surface area (Å²) in [6.07, 6.45) is 4.93. The van der Waals surface area contributed by atoms with Gasteiger partial charge in [0.05, 0.1) is 12.7 Å². The Morgan fingerprint density at radius 2 is 2.50 bits per heavy atom. The van der Waals surface area contributed by atoms with Crippen LogP contribution >= 0.6 is 11.3 Å². The van der Waals surface area contributed by atoms with E-state index in [4.69, 9.17) is 5.11 Å². The van der Waals surface area contributed by atoms with Gasteiger partial charge in [0, 0.05) is 18.9 Å². The van der Waals surface area contributed by atoms with Crippen molar-refractivity contribution >= 4 is 22.4 Å². The highest BCUT2D eigenvalue weighted by atomic mass is 32.1. The number of thiazole rings is 1. The lowest BCUT2D eigenvalue weighted by atomic mass is 10.6. The van der Waals surface area contributed by atoms with Crippen LogP contribution in [-0.4, -0.2) is 32.4 Å². The molecule has 2 heterocycles. The van der Waals surface area contributed by atoms with Crippen LogP contribution in [0.2, 0.25) is 0 Å². The van der Waals surface area contributed by atoms with Crippen LogP contribution in [0, 0.1) is 0 Å². The Kier molecular flexibility index (Phi) is 3.16. The quantitative estimate of drug-likeness (QED) is 0.816. The second kappa shape index (κ2) is 4.75. The summed E-state index contributed by atoms with van der Waals surface area (Å²) in [7, 11) is 0. The van der Waals surface area contributed by atoms with Crippen molar-refractivity contribution in [3.05, 3.63) is 29.5 Å². The monoisotopic (exact) mass is 238 g/mol. The zero-order chi connectivity index (χ0) is 11.4. The molecule has 2 rings (SSSR count). The van der Waals surface area contributed by atoms with Crippen molar-refractivity contribution in [2.45, 2.75) is 6.54 Å². The first-order valence-electron chi connectivity index (χ1n) is 4.66. The van der Waals surface area contributed by atoms with Gasteiger partial charge in [0.2, 0.25) is 0 Å². The molecule has 0 radical (unpaired) electrons. The highest BCUT2D eigenvalue weighted by Crippen LogP contribution is 2.17. The average molecular weight is 238 g/mol. The van der Waals surface area contributed by atoms with Gasteiger partial charge in [-0.1, -0.05) is 11.3 Å². The maximum absolute atomic E-state index is 10.6. The van der Waals surface area contributed by atoms with Crippen LogP contribution in [-0.2, 0) is 6.54 Å². The summed E-state index contributed by atoms with van der Waals surface area (Å²) in [4.78, 5) is 14.8. The Labute approximate surface area is 95.6 Å². The van der Waals surface area contributed by atoms with Crippen LogP contribution < -0.4 is 5.32 Å². The number of nitrogens with zero attached hydrogens (tertiary/aromatic N) is 3. The molecule has 0 aliphatic rings. The van der Waals surface area contributed by atoms with Gasteiger partial charge in [-0.15, -0.1) is 0 Å². The van der Waals surface area contributed by atoms with Crippen LogP contribution in [0.5, 0.6) is 0 Å². The van der Waals surface area contributed by atoms with E-state index in [1.165, 1.54) is 6.20 Å². The van der Waals surface area contributed by atoms with Gasteiger partial charge in [0.25, 0.3) is 0 Å². The third-order valence-electron chi connectivity index (χ3n) is 1.89. The maximum Gasteiger partial charge on any atom is 0.347 e. The minimum Gasteiger partial charge on any atom is -0.477 e. The number of aromatic carboxylic acids is 1. The minimum atomic E-state index is -0.947. The maximum atomic E-state index is 10.6. The zero-order valence-electron chi connectivity index (χ0n) is 8.33. The summed E-state index contributed by atoms with van der Waals surface area (Å²) in [5.41, 5.74) is 0. The number of carboxylic acid groups (broad SMARTS) is 1. The molecule has 7 heteroatoms. The second-order valence-corrected chi connectivity index (χ2v) is 4.06. The van der Waals surface area contributed by atoms with Crippen LogP contribution in [0.1, 0.15) is 9.67 Å². The predicted octanol–water partition coefficient (Wildman–Crippen LogP) is 1.15. The summed E-state index contributed by atoms with van der Waals surface area (Å²) in [6.45, 7) is 1.38. The van der Waals surface area contributed by atoms with Crippen molar-refractivity contribution in [1.29, 1.82) is 0 Å². The molecule has 0 spiro atoms. The van der Waals surface area contributed by atoms with Crippen LogP contribution in [0.25, 0.3) is 0 Å². The number of anilines is 1. The van der Waals surface area contributed by atoms with E-state index in [-0.39, 0.29) is 4.88 Å². The lowest BCUT2D eigenvalue weighted by molar-refractivity contribution is 0.0702. The van der Waals surface area contributed by atoms with E-state index in [9.17, 15) is 4.79 Å². The molecule has 0 unspecified atom stereocenters. The number of carboxylic acids is 1. The molecule has 0 aliphatic carbocycles. The van der Waals surface area contributed by atoms with Gasteiger partial charge in [-0.05, 0) is 6.07 Å². The molecular weight excluding hydrogens is 228 g/mol. The SMILES string of the molecule is O=C(O)c1cnc(NCCn2cccn2)s1. The highest BCUT2D eigenvalue weighted by Gasteiger charge is 2.07. The Balaban J connectivity index is 1.83. The fourth-order valence-electron chi connectivity index (χ4n) is 1.16. The van der Waals surface area contributed by atoms with Crippen molar-refractivity contribution in [2.75, 3.05) is 11.9 Å². The van der Waals surface area contributed by atoms with Gasteiger partial charge in [0.15, 0.2) is 5.13 Å². The van der Waals surface area contributed by atoms with Gasteiger partial charge < -0.3 is 10.4 Å². The zero-order valence-corrected chi connectivity index (χ0v) is 9.15. The lowest BCUT2D eigenvalue weighted by Crippen LogP contribution is -2.10. The molecule has 84 valence electrons. The summed E-state index contributed by atoms with van der Waals surface area (Å²) in [5.74, 6) is -0.947. The van der Waals surface area contributed by atoms with Crippen LogP contribution in [0.4, 0.5) is 5.13 Å². The molecule has 2 aromatic heterocycles. The first-order valence-corrected chi connectivity index (χ1v) is 5.48. The minimum absolute atomic E-state index is 0.238. The Bertz CT molecular complexity index is 466. The summed E-state index contributed by atoms with van der Waals surface area (Å²) >= 11 is 1.13. The third kappa shape index (κ3) is 2.57. The lowest BCUT2D eigenvalue weighted by Gasteiger charge is -2.02. The molecule has 6 nitrogen and oxygen atoms in total. The molecule has 0 amide bonds. The molecule has 2 N–H and O–H groups in total. The largest absolute Gasteiger partial charge is 0.477 e. The number of aromatic nitrogens is 3. The smallest absolute Gasteiger partial charge is 0.347 e. The van der Waals surface area contributed by atoms with E-state index in [1.54, 1.807) is 10.9 Å². The highest BCUT2D eigenvalue weighted by molar-refractivity contribution is 7.17. The van der Waals surface area contributed by atoms with E-state index in [0.29, 0.717) is 11.7 Å². The average Bonchev–Trinajstić information content (AvgIpc) is 2.87. The van der Waals surface area contributed by atoms with Gasteiger partial charge in [0.1, 0.15) is 4.88 Å². The van der Waals surface area contributed by atoms with E-state index in [0.717, 1.165) is 17.9 Å². The Morgan fingerprint density at radius 3 is 3.12 bits per heavy atom. The van der Waals surface area contributed by atoms with E-state index >= 15 is 0 Å². The molecule has 0 saturated carbocycles. The summed E-state index contributed by atoms with van der Waals surface area (Å²) < 4.78 is 1.79. The Morgan fingerprint density at radius 1 is 1.62 bits per heavy atom. The number of carbonyl (C=O) groups is 1. The third-order valence-corrected chi connectivity index (χ3v) is 2.84. The van der Waals surface area contributed by atoms with E-state index in [2.05, 4.69) is 15.4 Å². The molecule has 16 heavy (non-hydrogen) atoms. The molecule has 0 bridgehead atoms. The number of hydrogen-bond acceptors (Lipinski definition) is 5. The molecule has 0 atom stereocenters. The van der Waals surface area contributed by atoms with Gasteiger partial charge in [-0.2, -0.15) is 5.10 Å². The molecule has 2 aromatic rings. The fraction of sp³-hybridized carbons (Fsp3) is 0.222. The van der Waals surface area contributed by atoms with Gasteiger partial charge >= 0.3 is 5.97 Å². The van der Waals surface area contributed by atoms with E-state index < -0.39 is 5.97 Å². The van der Waals surface area contributed by atoms with Crippen molar-refractivity contribution in [3.8, 4) is 0 Å². The first-order chi connectivity index (χ1) is 7.75. The van der Waals surface area contributed by atoms with Gasteiger partial charge in [-0.25, -0.2) is 9.78 Å². The van der Waals surface area contributed by atoms with Crippen molar-refractivity contribution in [1.82, 2.24) is 14.8 Å². The van der Waals surface area contributed by atoms with Crippen LogP contribution in [0.15, 0.2) is 24.7 Å². The number of rotatable bonds is 5. The molecule has 0 aromatic carbocycles. The number of nitrogens with one attached hydrogen (secondary N) is 1. The summed E-state index contributed by atoms with van der Waals surface area (Å²) in [5, 5.41) is 16.4. The van der Waals surface area contributed by atoms with Crippen LogP contribution in [0.3, 0.4) is 0 Å². The van der Waals surface area contributed by atoms with Crippen molar-refractivity contribution in [3.63, 3.8) is 0 Å². The topological polar surface area (TPSA) is 80.0 Å². The Hall–Kier alpha value is -1.89. The number of hydrogen-bond donors (Lipinski definition) is 2. The molecule has 0 fully saturated rings. The molecule has 0 saturated heterocycles. The van der Waals surface area contributed by atoms with Crippen molar-refractivity contribution in [2.24, 2.45) is 0 Å². The second-order valence-electron chi connectivity index (χ2n) is 3.03. The molecular formula is C9H10N4O2S.